The predicted molar refractivity (Wildman–Crippen MR) is 124 cm³/mol. The molecule has 0 saturated carbocycles. The standard InChI is InChI=1S/C24H28N4O2S/c1-30-21-9-5-8-19(16-21)17-22-26-24(31-27-22)28-14-11-20(12-15-28)23(29)25-13-10-18-6-3-2-4-7-18/h2-9,16,20H,10-15,17H2,1H3,(H,25,29). The van der Waals surface area contributed by atoms with E-state index in [0.29, 0.717) is 13.0 Å². The van der Waals surface area contributed by atoms with Crippen molar-refractivity contribution in [3.63, 3.8) is 0 Å². The van der Waals surface area contributed by atoms with Crippen LogP contribution in [0.3, 0.4) is 0 Å². The van der Waals surface area contributed by atoms with Crippen molar-refractivity contribution in [3.05, 3.63) is 71.5 Å². The van der Waals surface area contributed by atoms with E-state index in [1.165, 1.54) is 17.1 Å². The Morgan fingerprint density at radius 3 is 2.68 bits per heavy atom. The summed E-state index contributed by atoms with van der Waals surface area (Å²) >= 11 is 1.44. The van der Waals surface area contributed by atoms with Gasteiger partial charge in [0.25, 0.3) is 0 Å². The number of carbonyl (C=O) groups is 1. The molecule has 0 atom stereocenters. The van der Waals surface area contributed by atoms with Crippen LogP contribution in [0.15, 0.2) is 54.6 Å². The molecule has 1 amide bonds. The van der Waals surface area contributed by atoms with E-state index in [9.17, 15) is 4.79 Å². The molecule has 2 heterocycles. The highest BCUT2D eigenvalue weighted by Crippen LogP contribution is 2.26. The summed E-state index contributed by atoms with van der Waals surface area (Å²) in [6.07, 6.45) is 3.25. The van der Waals surface area contributed by atoms with Crippen LogP contribution in [0.1, 0.15) is 29.8 Å². The molecule has 7 heteroatoms. The minimum Gasteiger partial charge on any atom is -0.497 e. The fourth-order valence-corrected chi connectivity index (χ4v) is 4.60. The summed E-state index contributed by atoms with van der Waals surface area (Å²) < 4.78 is 9.82. The van der Waals surface area contributed by atoms with Crippen molar-refractivity contribution in [2.75, 3.05) is 31.6 Å². The molecule has 3 aromatic rings. The van der Waals surface area contributed by atoms with E-state index >= 15 is 0 Å². The number of ether oxygens (including phenoxy) is 1. The molecular formula is C24H28N4O2S. The monoisotopic (exact) mass is 436 g/mol. The van der Waals surface area contributed by atoms with E-state index in [4.69, 9.17) is 9.72 Å². The highest BCUT2D eigenvalue weighted by molar-refractivity contribution is 7.09. The summed E-state index contributed by atoms with van der Waals surface area (Å²) in [7, 11) is 1.67. The van der Waals surface area contributed by atoms with Gasteiger partial charge >= 0.3 is 0 Å². The van der Waals surface area contributed by atoms with Gasteiger partial charge in [-0.15, -0.1) is 0 Å². The van der Waals surface area contributed by atoms with Crippen LogP contribution < -0.4 is 15.0 Å². The topological polar surface area (TPSA) is 67.3 Å². The summed E-state index contributed by atoms with van der Waals surface area (Å²) in [5.74, 6) is 1.92. The van der Waals surface area contributed by atoms with Crippen molar-refractivity contribution in [1.29, 1.82) is 0 Å². The number of hydrogen-bond acceptors (Lipinski definition) is 6. The number of piperidine rings is 1. The summed E-state index contributed by atoms with van der Waals surface area (Å²) in [4.78, 5) is 19.5. The molecule has 1 saturated heterocycles. The van der Waals surface area contributed by atoms with Gasteiger partial charge in [0.2, 0.25) is 11.0 Å². The number of hydrogen-bond donors (Lipinski definition) is 1. The molecule has 6 nitrogen and oxygen atoms in total. The quantitative estimate of drug-likeness (QED) is 0.583. The van der Waals surface area contributed by atoms with Crippen molar-refractivity contribution in [3.8, 4) is 5.75 Å². The summed E-state index contributed by atoms with van der Waals surface area (Å²) in [5.41, 5.74) is 2.38. The minimum absolute atomic E-state index is 0.0798. The van der Waals surface area contributed by atoms with E-state index in [-0.39, 0.29) is 11.8 Å². The highest BCUT2D eigenvalue weighted by atomic mass is 32.1. The molecule has 2 aromatic carbocycles. The third-order valence-corrected chi connectivity index (χ3v) is 6.46. The third kappa shape index (κ3) is 5.82. The van der Waals surface area contributed by atoms with Crippen molar-refractivity contribution < 1.29 is 9.53 Å². The van der Waals surface area contributed by atoms with Gasteiger partial charge in [0, 0.05) is 43.5 Å². The molecular weight excluding hydrogens is 408 g/mol. The summed E-state index contributed by atoms with van der Waals surface area (Å²) in [6, 6.07) is 18.3. The SMILES string of the molecule is COc1cccc(Cc2nsc(N3CCC(C(=O)NCCc4ccccc4)CC3)n2)c1. The molecule has 0 unspecified atom stereocenters. The van der Waals surface area contributed by atoms with Crippen LogP contribution in [0.2, 0.25) is 0 Å². The third-order valence-electron chi connectivity index (χ3n) is 5.65. The van der Waals surface area contributed by atoms with Gasteiger partial charge in [-0.3, -0.25) is 4.79 Å². The first-order valence-corrected chi connectivity index (χ1v) is 11.5. The molecule has 162 valence electrons. The lowest BCUT2D eigenvalue weighted by Gasteiger charge is -2.30. The maximum atomic E-state index is 12.5. The Bertz CT molecular complexity index is 984. The van der Waals surface area contributed by atoms with Crippen LogP contribution in [0, 0.1) is 5.92 Å². The highest BCUT2D eigenvalue weighted by Gasteiger charge is 2.26. The largest absolute Gasteiger partial charge is 0.497 e. The number of methoxy groups -OCH3 is 1. The number of rotatable bonds is 8. The molecule has 0 spiro atoms. The van der Waals surface area contributed by atoms with Gasteiger partial charge < -0.3 is 15.0 Å². The second-order valence-corrected chi connectivity index (χ2v) is 8.54. The van der Waals surface area contributed by atoms with E-state index in [1.54, 1.807) is 7.11 Å². The number of nitrogens with zero attached hydrogens (tertiary/aromatic N) is 3. The van der Waals surface area contributed by atoms with Crippen LogP contribution in [0.5, 0.6) is 5.75 Å². The van der Waals surface area contributed by atoms with E-state index in [0.717, 1.165) is 54.6 Å². The van der Waals surface area contributed by atoms with Crippen LogP contribution in [-0.4, -0.2) is 42.0 Å². The van der Waals surface area contributed by atoms with Gasteiger partial charge in [0.05, 0.1) is 7.11 Å². The van der Waals surface area contributed by atoms with Crippen molar-refractivity contribution in [2.24, 2.45) is 5.92 Å². The first-order valence-electron chi connectivity index (χ1n) is 10.7. The maximum absolute atomic E-state index is 12.5. The van der Waals surface area contributed by atoms with E-state index in [2.05, 4.69) is 32.8 Å². The van der Waals surface area contributed by atoms with Gasteiger partial charge in [-0.1, -0.05) is 42.5 Å². The lowest BCUT2D eigenvalue weighted by atomic mass is 9.96. The second kappa shape index (κ2) is 10.4. The Balaban J connectivity index is 1.23. The molecule has 4 rings (SSSR count). The van der Waals surface area contributed by atoms with Crippen LogP contribution in [-0.2, 0) is 17.6 Å². The van der Waals surface area contributed by atoms with Crippen LogP contribution in [0.25, 0.3) is 0 Å². The zero-order chi connectivity index (χ0) is 21.5. The zero-order valence-electron chi connectivity index (χ0n) is 17.8. The predicted octanol–water partition coefficient (Wildman–Crippen LogP) is 3.71. The smallest absolute Gasteiger partial charge is 0.223 e. The average Bonchev–Trinajstić information content (AvgIpc) is 3.28. The number of benzene rings is 2. The van der Waals surface area contributed by atoms with E-state index in [1.807, 2.05) is 36.4 Å². The van der Waals surface area contributed by atoms with Gasteiger partial charge in [-0.25, -0.2) is 4.98 Å². The summed E-state index contributed by atoms with van der Waals surface area (Å²) in [5, 5.41) is 4.05. The fourth-order valence-electron chi connectivity index (χ4n) is 3.86. The molecule has 1 aromatic heterocycles. The molecule has 1 aliphatic rings. The number of anilines is 1. The fraction of sp³-hybridized carbons (Fsp3) is 0.375. The normalized spacial score (nSPS) is 14.4. The minimum atomic E-state index is 0.0798. The Labute approximate surface area is 187 Å². The van der Waals surface area contributed by atoms with Gasteiger partial charge in [-0.05, 0) is 42.5 Å². The lowest BCUT2D eigenvalue weighted by molar-refractivity contribution is -0.125. The molecule has 31 heavy (non-hydrogen) atoms. The zero-order valence-corrected chi connectivity index (χ0v) is 18.6. The Morgan fingerprint density at radius 1 is 1.13 bits per heavy atom. The van der Waals surface area contributed by atoms with Gasteiger partial charge in [-0.2, -0.15) is 4.37 Å². The van der Waals surface area contributed by atoms with Crippen molar-refractivity contribution in [1.82, 2.24) is 14.7 Å². The summed E-state index contributed by atoms with van der Waals surface area (Å²) in [6.45, 7) is 2.36. The van der Waals surface area contributed by atoms with Crippen LogP contribution in [0.4, 0.5) is 5.13 Å². The first kappa shape index (κ1) is 21.3. The Kier molecular flexibility index (Phi) is 7.14. The molecule has 0 radical (unpaired) electrons. The van der Waals surface area contributed by atoms with Gasteiger partial charge in [0.15, 0.2) is 0 Å². The number of carbonyl (C=O) groups excluding carboxylic acids is 1. The van der Waals surface area contributed by atoms with Crippen molar-refractivity contribution in [2.45, 2.75) is 25.7 Å². The Hall–Kier alpha value is -2.93. The number of nitrogens with one attached hydrogen (secondary N) is 1. The van der Waals surface area contributed by atoms with Gasteiger partial charge in [0.1, 0.15) is 11.6 Å². The molecule has 1 fully saturated rings. The first-order chi connectivity index (χ1) is 15.2. The molecule has 1 N–H and O–H groups in total. The lowest BCUT2D eigenvalue weighted by Crippen LogP contribution is -2.41. The number of amides is 1. The van der Waals surface area contributed by atoms with E-state index < -0.39 is 0 Å². The molecule has 0 aliphatic carbocycles. The average molecular weight is 437 g/mol. The second-order valence-electron chi connectivity index (χ2n) is 7.81. The molecule has 1 aliphatic heterocycles. The molecule has 0 bridgehead atoms. The number of aromatic nitrogens is 2. The Morgan fingerprint density at radius 2 is 1.90 bits per heavy atom. The maximum Gasteiger partial charge on any atom is 0.223 e. The van der Waals surface area contributed by atoms with Crippen LogP contribution >= 0.6 is 11.5 Å². The van der Waals surface area contributed by atoms with Crippen molar-refractivity contribution >= 4 is 22.6 Å².